The fourth-order valence-electron chi connectivity index (χ4n) is 3.44. The van der Waals surface area contributed by atoms with Gasteiger partial charge < -0.3 is 19.4 Å². The van der Waals surface area contributed by atoms with E-state index in [0.29, 0.717) is 39.4 Å². The van der Waals surface area contributed by atoms with Gasteiger partial charge in [0.05, 0.1) is 18.9 Å². The Morgan fingerprint density at radius 1 is 1.20 bits per heavy atom. The number of amides is 2. The first-order valence-electron chi connectivity index (χ1n) is 8.90. The number of aromatic nitrogens is 2. The zero-order valence-corrected chi connectivity index (χ0v) is 15.2. The molecule has 2 amide bonds. The van der Waals surface area contributed by atoms with Crippen molar-refractivity contribution in [2.45, 2.75) is 19.8 Å². The smallest absolute Gasteiger partial charge is 0.320 e. The first-order valence-corrected chi connectivity index (χ1v) is 8.90. The molecule has 2 aliphatic heterocycles. The van der Waals surface area contributed by atoms with Crippen molar-refractivity contribution in [2.24, 2.45) is 0 Å². The highest BCUT2D eigenvalue weighted by Gasteiger charge is 2.27. The predicted octanol–water partition coefficient (Wildman–Crippen LogP) is 1.26. The Bertz CT molecular complexity index is 643. The van der Waals surface area contributed by atoms with Crippen LogP contribution in [0.1, 0.15) is 17.1 Å². The quantitative estimate of drug-likeness (QED) is 0.772. The van der Waals surface area contributed by atoms with Gasteiger partial charge in [0.2, 0.25) is 0 Å². The zero-order chi connectivity index (χ0) is 17.8. The summed E-state index contributed by atoms with van der Waals surface area (Å²) in [6.45, 7) is 10.5. The van der Waals surface area contributed by atoms with Crippen LogP contribution in [0.15, 0.2) is 12.7 Å². The molecule has 0 unspecified atom stereocenters. The minimum absolute atomic E-state index is 0.113. The number of hydrogen-bond acceptors (Lipinski definition) is 5. The van der Waals surface area contributed by atoms with E-state index in [1.165, 1.54) is 0 Å². The Balaban J connectivity index is 1.78. The summed E-state index contributed by atoms with van der Waals surface area (Å²) in [6.07, 6.45) is 3.42. The van der Waals surface area contributed by atoms with E-state index in [2.05, 4.69) is 21.4 Å². The third kappa shape index (κ3) is 3.92. The number of likely N-dealkylation sites (N-methyl/N-ethyl adjacent to an activating group) is 1. The number of nitrogens with zero attached hydrogens (tertiary/aromatic N) is 5. The fourth-order valence-corrected chi connectivity index (χ4v) is 3.44. The highest BCUT2D eigenvalue weighted by Crippen LogP contribution is 2.24. The van der Waals surface area contributed by atoms with E-state index in [1.54, 1.807) is 0 Å². The molecule has 3 rings (SSSR count). The molecule has 0 bridgehead atoms. The lowest BCUT2D eigenvalue weighted by molar-refractivity contribution is 0.0436. The number of carbonyl (C=O) groups excluding carboxylic acids is 1. The standard InChI is InChI=1S/C18H27N5O2/c1-4-7-21(3)17-15-5-8-22(9-6-16(15)19-14(2)20-17)18(24)23-10-12-25-13-11-23/h4H,1,5-13H2,2-3H3. The molecule has 7 nitrogen and oxygen atoms in total. The monoisotopic (exact) mass is 345 g/mol. The van der Waals surface area contributed by atoms with Gasteiger partial charge in [-0.25, -0.2) is 14.8 Å². The maximum absolute atomic E-state index is 12.8. The minimum atomic E-state index is 0.113. The third-order valence-corrected chi connectivity index (χ3v) is 4.75. The number of anilines is 1. The van der Waals surface area contributed by atoms with Crippen molar-refractivity contribution in [3.8, 4) is 0 Å². The van der Waals surface area contributed by atoms with E-state index in [-0.39, 0.29) is 6.03 Å². The number of rotatable bonds is 3. The van der Waals surface area contributed by atoms with E-state index in [1.807, 2.05) is 29.8 Å². The van der Waals surface area contributed by atoms with Crippen LogP contribution >= 0.6 is 0 Å². The number of fused-ring (bicyclic) bond motifs is 1. The van der Waals surface area contributed by atoms with E-state index in [0.717, 1.165) is 42.3 Å². The van der Waals surface area contributed by atoms with Crippen molar-refractivity contribution in [3.05, 3.63) is 29.7 Å². The first kappa shape index (κ1) is 17.7. The minimum Gasteiger partial charge on any atom is -0.378 e. The Morgan fingerprint density at radius 2 is 1.88 bits per heavy atom. The Morgan fingerprint density at radius 3 is 2.60 bits per heavy atom. The van der Waals surface area contributed by atoms with Crippen molar-refractivity contribution in [1.29, 1.82) is 0 Å². The summed E-state index contributed by atoms with van der Waals surface area (Å²) < 4.78 is 5.35. The summed E-state index contributed by atoms with van der Waals surface area (Å²) >= 11 is 0. The predicted molar refractivity (Wildman–Crippen MR) is 97.0 cm³/mol. The lowest BCUT2D eigenvalue weighted by atomic mass is 10.1. The van der Waals surface area contributed by atoms with Crippen molar-refractivity contribution < 1.29 is 9.53 Å². The van der Waals surface area contributed by atoms with E-state index in [4.69, 9.17) is 4.74 Å². The molecule has 1 aromatic rings. The molecule has 3 heterocycles. The summed E-state index contributed by atoms with van der Waals surface area (Å²) in [5.74, 6) is 1.74. The molecule has 25 heavy (non-hydrogen) atoms. The average Bonchev–Trinajstić information content (AvgIpc) is 2.84. The first-order chi connectivity index (χ1) is 12.1. The second-order valence-corrected chi connectivity index (χ2v) is 6.56. The van der Waals surface area contributed by atoms with Crippen LogP contribution in [0.5, 0.6) is 0 Å². The second-order valence-electron chi connectivity index (χ2n) is 6.56. The van der Waals surface area contributed by atoms with Crippen LogP contribution in [-0.4, -0.2) is 78.8 Å². The third-order valence-electron chi connectivity index (χ3n) is 4.75. The Hall–Kier alpha value is -2.15. The summed E-state index contributed by atoms with van der Waals surface area (Å²) in [5.41, 5.74) is 2.22. The van der Waals surface area contributed by atoms with Crippen LogP contribution in [0, 0.1) is 6.92 Å². The van der Waals surface area contributed by atoms with Crippen LogP contribution in [0.3, 0.4) is 0 Å². The van der Waals surface area contributed by atoms with Gasteiger partial charge in [-0.15, -0.1) is 6.58 Å². The maximum atomic E-state index is 12.8. The SMILES string of the molecule is C=CCN(C)c1nc(C)nc2c1CCN(C(=O)N1CCOCC1)CC2. The largest absolute Gasteiger partial charge is 0.378 e. The molecule has 0 aliphatic carbocycles. The van der Waals surface area contributed by atoms with E-state index in [9.17, 15) is 4.79 Å². The molecule has 0 spiro atoms. The summed E-state index contributed by atoms with van der Waals surface area (Å²) in [5, 5.41) is 0. The number of aryl methyl sites for hydroxylation is 1. The molecular weight excluding hydrogens is 318 g/mol. The van der Waals surface area contributed by atoms with E-state index >= 15 is 0 Å². The molecule has 1 aromatic heterocycles. The molecular formula is C18H27N5O2. The van der Waals surface area contributed by atoms with Crippen LogP contribution in [-0.2, 0) is 17.6 Å². The van der Waals surface area contributed by atoms with Crippen molar-refractivity contribution in [3.63, 3.8) is 0 Å². The number of morpholine rings is 1. The Labute approximate surface area is 149 Å². The van der Waals surface area contributed by atoms with Gasteiger partial charge in [0.15, 0.2) is 0 Å². The fraction of sp³-hybridized carbons (Fsp3) is 0.611. The Kier molecular flexibility index (Phi) is 5.53. The van der Waals surface area contributed by atoms with E-state index < -0.39 is 0 Å². The van der Waals surface area contributed by atoms with Crippen LogP contribution < -0.4 is 4.90 Å². The summed E-state index contributed by atoms with van der Waals surface area (Å²) in [7, 11) is 2.02. The lowest BCUT2D eigenvalue weighted by Gasteiger charge is -2.32. The topological polar surface area (TPSA) is 61.8 Å². The van der Waals surface area contributed by atoms with Crippen molar-refractivity contribution in [2.75, 3.05) is 57.9 Å². The van der Waals surface area contributed by atoms with Crippen LogP contribution in [0.25, 0.3) is 0 Å². The zero-order valence-electron chi connectivity index (χ0n) is 15.2. The normalized spacial score (nSPS) is 17.7. The van der Waals surface area contributed by atoms with Gasteiger partial charge >= 0.3 is 6.03 Å². The molecule has 7 heteroatoms. The molecule has 0 N–H and O–H groups in total. The van der Waals surface area contributed by atoms with Crippen molar-refractivity contribution in [1.82, 2.24) is 19.8 Å². The number of urea groups is 1. The molecule has 1 saturated heterocycles. The molecule has 0 saturated carbocycles. The number of ether oxygens (including phenoxy) is 1. The van der Waals surface area contributed by atoms with Gasteiger partial charge in [-0.05, 0) is 13.3 Å². The maximum Gasteiger partial charge on any atom is 0.320 e. The van der Waals surface area contributed by atoms with Gasteiger partial charge in [-0.2, -0.15) is 0 Å². The molecule has 2 aliphatic rings. The molecule has 0 radical (unpaired) electrons. The molecule has 0 aromatic carbocycles. The van der Waals surface area contributed by atoms with Crippen LogP contribution in [0.2, 0.25) is 0 Å². The molecule has 1 fully saturated rings. The van der Waals surface area contributed by atoms with Gasteiger partial charge in [0.25, 0.3) is 0 Å². The molecule has 136 valence electrons. The van der Waals surface area contributed by atoms with Gasteiger partial charge in [-0.3, -0.25) is 0 Å². The molecule has 0 atom stereocenters. The number of hydrogen-bond donors (Lipinski definition) is 0. The highest BCUT2D eigenvalue weighted by molar-refractivity contribution is 5.74. The van der Waals surface area contributed by atoms with Crippen molar-refractivity contribution >= 4 is 11.8 Å². The van der Waals surface area contributed by atoms with Gasteiger partial charge in [0, 0.05) is 51.8 Å². The van der Waals surface area contributed by atoms with Crippen LogP contribution in [0.4, 0.5) is 10.6 Å². The number of carbonyl (C=O) groups is 1. The summed E-state index contributed by atoms with van der Waals surface area (Å²) in [4.78, 5) is 28.0. The highest BCUT2D eigenvalue weighted by atomic mass is 16.5. The average molecular weight is 345 g/mol. The second kappa shape index (κ2) is 7.82. The van der Waals surface area contributed by atoms with Gasteiger partial charge in [0.1, 0.15) is 11.6 Å². The lowest BCUT2D eigenvalue weighted by Crippen LogP contribution is -2.48. The summed E-state index contributed by atoms with van der Waals surface area (Å²) in [6, 6.07) is 0.113. The van der Waals surface area contributed by atoms with Gasteiger partial charge in [-0.1, -0.05) is 6.08 Å².